The Bertz CT molecular complexity index is 825. The van der Waals surface area contributed by atoms with E-state index < -0.39 is 33.8 Å². The molecule has 0 bridgehead atoms. The summed E-state index contributed by atoms with van der Waals surface area (Å²) in [5.74, 6) is -1.22. The average Bonchev–Trinajstić information content (AvgIpc) is 3.05. The van der Waals surface area contributed by atoms with Crippen molar-refractivity contribution in [2.75, 3.05) is 12.4 Å². The second kappa shape index (κ2) is 11.7. The maximum absolute atomic E-state index is 12.7. The summed E-state index contributed by atoms with van der Waals surface area (Å²) in [6.07, 6.45) is 5.58. The Kier molecular flexibility index (Phi) is 9.54. The van der Waals surface area contributed by atoms with Crippen molar-refractivity contribution in [2.24, 2.45) is 5.92 Å². The van der Waals surface area contributed by atoms with Gasteiger partial charge in [-0.15, -0.1) is 0 Å². The van der Waals surface area contributed by atoms with Gasteiger partial charge < -0.3 is 23.6 Å². The van der Waals surface area contributed by atoms with Crippen LogP contribution in [0.4, 0.5) is 4.79 Å². The molecule has 1 fully saturated rings. The number of rotatable bonds is 9. The van der Waals surface area contributed by atoms with Crippen LogP contribution in [-0.4, -0.2) is 40.3 Å². The Morgan fingerprint density at radius 2 is 1.87 bits per heavy atom. The predicted octanol–water partition coefficient (Wildman–Crippen LogP) is 3.23. The Morgan fingerprint density at radius 1 is 1.19 bits per heavy atom. The lowest BCUT2D eigenvalue weighted by molar-refractivity contribution is -0.148. The molecular weight excluding hydrogens is 446 g/mol. The van der Waals surface area contributed by atoms with Crippen molar-refractivity contribution in [1.29, 1.82) is 0 Å². The molecule has 1 heterocycles. The number of hydrogen-bond acceptors (Lipinski definition) is 10. The van der Waals surface area contributed by atoms with E-state index in [1.165, 1.54) is 27.2 Å². The number of ether oxygens (including phenoxy) is 2. The summed E-state index contributed by atoms with van der Waals surface area (Å²) >= 11 is 4.78. The zero-order valence-electron chi connectivity index (χ0n) is 17.9. The van der Waals surface area contributed by atoms with Crippen LogP contribution in [0.5, 0.6) is 0 Å². The molecule has 1 amide bonds. The van der Waals surface area contributed by atoms with E-state index in [0.29, 0.717) is 24.3 Å². The first-order valence-electron chi connectivity index (χ1n) is 10.2. The highest BCUT2D eigenvalue weighted by atomic mass is 32.2. The van der Waals surface area contributed by atoms with E-state index >= 15 is 0 Å². The molecule has 0 unspecified atom stereocenters. The molecule has 0 radical (unpaired) electrons. The van der Waals surface area contributed by atoms with E-state index in [0.717, 1.165) is 25.7 Å². The maximum atomic E-state index is 12.7. The number of nitrogens with one attached hydrogen (secondary N) is 1. The van der Waals surface area contributed by atoms with Gasteiger partial charge in [-0.2, -0.15) is 12.6 Å². The fourth-order valence-corrected chi connectivity index (χ4v) is 4.01. The van der Waals surface area contributed by atoms with Crippen LogP contribution in [0.3, 0.4) is 0 Å². The second-order valence-corrected chi connectivity index (χ2v) is 9.85. The highest BCUT2D eigenvalue weighted by Crippen LogP contribution is 2.28. The van der Waals surface area contributed by atoms with Crippen molar-refractivity contribution < 1.29 is 32.7 Å². The summed E-state index contributed by atoms with van der Waals surface area (Å²) in [7, 11) is 0. The monoisotopic (exact) mass is 475 g/mol. The van der Waals surface area contributed by atoms with Crippen molar-refractivity contribution in [3.63, 3.8) is 0 Å². The van der Waals surface area contributed by atoms with Crippen LogP contribution in [0.25, 0.3) is 0 Å². The number of aryl methyl sites for hydroxylation is 1. The molecule has 9 nitrogen and oxygen atoms in total. The van der Waals surface area contributed by atoms with Gasteiger partial charge in [-0.25, -0.2) is 14.4 Å². The van der Waals surface area contributed by atoms with Gasteiger partial charge >= 0.3 is 17.1 Å². The first kappa shape index (κ1) is 25.4. The lowest BCUT2D eigenvalue weighted by atomic mass is 9.90. The first-order chi connectivity index (χ1) is 14.6. The van der Waals surface area contributed by atoms with Gasteiger partial charge in [0.15, 0.2) is 18.1 Å². The summed E-state index contributed by atoms with van der Waals surface area (Å²) < 4.78 is 18.6. The van der Waals surface area contributed by atoms with Gasteiger partial charge in [0.25, 0.3) is 0 Å². The summed E-state index contributed by atoms with van der Waals surface area (Å²) in [5.41, 5.74) is 0. The van der Waals surface area contributed by atoms with Crippen molar-refractivity contribution in [3.05, 3.63) is 22.1 Å². The Labute approximate surface area is 190 Å². The van der Waals surface area contributed by atoms with Crippen molar-refractivity contribution in [1.82, 2.24) is 5.32 Å². The van der Waals surface area contributed by atoms with Gasteiger partial charge in [-0.3, -0.25) is 4.79 Å². The third-order valence-electron chi connectivity index (χ3n) is 5.00. The van der Waals surface area contributed by atoms with Crippen molar-refractivity contribution in [2.45, 2.75) is 70.3 Å². The number of esters is 1. The molecule has 1 saturated carbocycles. The molecule has 0 spiro atoms. The van der Waals surface area contributed by atoms with Gasteiger partial charge in [-0.1, -0.05) is 19.3 Å². The number of thioether (sulfide) groups is 1. The fourth-order valence-electron chi connectivity index (χ4n) is 3.08. The highest BCUT2D eigenvalue weighted by molar-refractivity contribution is 8.15. The number of carbonyl (C=O) groups is 3. The molecule has 1 aromatic rings. The average molecular weight is 476 g/mol. The number of thiol groups is 1. The molecule has 11 heteroatoms. The zero-order valence-corrected chi connectivity index (χ0v) is 19.6. The number of amides is 1. The molecule has 0 aromatic carbocycles. The first-order valence-corrected chi connectivity index (χ1v) is 11.6. The third-order valence-corrected chi connectivity index (χ3v) is 6.35. The SMILES string of the molecule is Cc1oc(=O)oc1COC(=O)SC(C)(C)C(=O)N[C@@H](CS)C(=O)OCC1CCCCC1. The normalized spacial score (nSPS) is 15.9. The summed E-state index contributed by atoms with van der Waals surface area (Å²) in [6.45, 7) is 4.60. The van der Waals surface area contributed by atoms with Gasteiger partial charge in [0, 0.05) is 5.75 Å². The van der Waals surface area contributed by atoms with Crippen molar-refractivity contribution >= 4 is 41.6 Å². The molecule has 0 saturated heterocycles. The summed E-state index contributed by atoms with van der Waals surface area (Å²) in [6, 6.07) is -0.918. The van der Waals surface area contributed by atoms with E-state index in [4.69, 9.17) is 13.9 Å². The smallest absolute Gasteiger partial charge is 0.464 e. The van der Waals surface area contributed by atoms with E-state index in [1.807, 2.05) is 0 Å². The van der Waals surface area contributed by atoms with Crippen LogP contribution in [0, 0.1) is 12.8 Å². The Balaban J connectivity index is 1.82. The molecule has 174 valence electrons. The summed E-state index contributed by atoms with van der Waals surface area (Å²) in [5, 5.41) is 1.85. The predicted molar refractivity (Wildman–Crippen MR) is 117 cm³/mol. The lowest BCUT2D eigenvalue weighted by Gasteiger charge is -2.26. The van der Waals surface area contributed by atoms with Gasteiger partial charge in [0.1, 0.15) is 6.04 Å². The lowest BCUT2D eigenvalue weighted by Crippen LogP contribution is -2.50. The van der Waals surface area contributed by atoms with Crippen LogP contribution in [0.15, 0.2) is 13.6 Å². The molecule has 1 aromatic heterocycles. The van der Waals surface area contributed by atoms with E-state index in [2.05, 4.69) is 22.4 Å². The van der Waals surface area contributed by atoms with E-state index in [9.17, 15) is 19.2 Å². The van der Waals surface area contributed by atoms with E-state index in [-0.39, 0.29) is 23.9 Å². The quantitative estimate of drug-likeness (QED) is 0.409. The van der Waals surface area contributed by atoms with Crippen LogP contribution in [0.1, 0.15) is 57.5 Å². The molecular formula is C20H29NO8S2. The largest absolute Gasteiger partial charge is 0.519 e. The van der Waals surface area contributed by atoms with E-state index in [1.54, 1.807) is 0 Å². The molecule has 1 atom stereocenters. The second-order valence-electron chi connectivity index (χ2n) is 7.93. The molecule has 1 aliphatic carbocycles. The zero-order chi connectivity index (χ0) is 23.0. The molecule has 2 rings (SSSR count). The summed E-state index contributed by atoms with van der Waals surface area (Å²) in [4.78, 5) is 48.2. The van der Waals surface area contributed by atoms with Gasteiger partial charge in [0.2, 0.25) is 5.91 Å². The van der Waals surface area contributed by atoms with Gasteiger partial charge in [0.05, 0.1) is 11.4 Å². The van der Waals surface area contributed by atoms with Gasteiger partial charge in [-0.05, 0) is 51.3 Å². The third kappa shape index (κ3) is 7.95. The fraction of sp³-hybridized carbons (Fsp3) is 0.700. The maximum Gasteiger partial charge on any atom is 0.519 e. The molecule has 1 N–H and O–H groups in total. The standard InChI is InChI=1S/C20H29NO8S2/c1-12-15(29-18(24)28-12)10-27-19(25)31-20(2,3)17(23)21-14(11-30)16(22)26-9-13-7-5-4-6-8-13/h13-14,30H,4-11H2,1-3H3,(H,21,23)/t14-/m0/s1. The minimum Gasteiger partial charge on any atom is -0.464 e. The van der Waals surface area contributed by atoms with Crippen molar-refractivity contribution in [3.8, 4) is 0 Å². The van der Waals surface area contributed by atoms with Crippen LogP contribution >= 0.6 is 24.4 Å². The minimum atomic E-state index is -1.23. The Hall–Kier alpha value is -1.88. The number of hydrogen-bond donors (Lipinski definition) is 2. The molecule has 0 aliphatic heterocycles. The topological polar surface area (TPSA) is 125 Å². The molecule has 31 heavy (non-hydrogen) atoms. The van der Waals surface area contributed by atoms with Crippen LogP contribution in [-0.2, 0) is 25.7 Å². The number of carbonyl (C=O) groups excluding carboxylic acids is 3. The molecule has 1 aliphatic rings. The van der Waals surface area contributed by atoms with Crippen LogP contribution in [0.2, 0.25) is 0 Å². The minimum absolute atomic E-state index is 0.0687. The van der Waals surface area contributed by atoms with Crippen LogP contribution < -0.4 is 11.1 Å². The highest BCUT2D eigenvalue weighted by Gasteiger charge is 2.35. The Morgan fingerprint density at radius 3 is 2.45 bits per heavy atom.